The van der Waals surface area contributed by atoms with Crippen molar-refractivity contribution in [2.24, 2.45) is 5.92 Å². The minimum Gasteiger partial charge on any atom is -0.508 e. The van der Waals surface area contributed by atoms with Gasteiger partial charge in [-0.1, -0.05) is 23.8 Å². The van der Waals surface area contributed by atoms with Gasteiger partial charge >= 0.3 is 6.18 Å². The first kappa shape index (κ1) is 21.5. The maximum absolute atomic E-state index is 13.4. The van der Waals surface area contributed by atoms with Crippen LogP contribution < -0.4 is 4.90 Å². The van der Waals surface area contributed by atoms with Gasteiger partial charge in [0.25, 0.3) is 0 Å². The van der Waals surface area contributed by atoms with E-state index in [2.05, 4.69) is 4.90 Å². The van der Waals surface area contributed by atoms with Crippen LogP contribution >= 0.6 is 0 Å². The number of nitrogens with zero attached hydrogens (tertiary/aromatic N) is 1. The average molecular weight is 429 g/mol. The lowest BCUT2D eigenvalue weighted by atomic mass is 9.89. The van der Waals surface area contributed by atoms with E-state index in [-0.39, 0.29) is 11.7 Å². The number of aldehydes is 1. The third-order valence-electron chi connectivity index (χ3n) is 6.30. The van der Waals surface area contributed by atoms with E-state index in [9.17, 15) is 23.1 Å². The van der Waals surface area contributed by atoms with Crippen molar-refractivity contribution in [1.29, 1.82) is 0 Å². The van der Waals surface area contributed by atoms with Gasteiger partial charge in [0.1, 0.15) is 12.0 Å². The molecule has 0 unspecified atom stereocenters. The van der Waals surface area contributed by atoms with Crippen LogP contribution in [0.25, 0.3) is 5.57 Å². The van der Waals surface area contributed by atoms with Crippen molar-refractivity contribution >= 4 is 17.5 Å². The third kappa shape index (κ3) is 4.94. The van der Waals surface area contributed by atoms with E-state index in [4.69, 9.17) is 0 Å². The number of hydrogen-bond donors (Lipinski definition) is 1. The summed E-state index contributed by atoms with van der Waals surface area (Å²) in [6, 6.07) is 12.7. The van der Waals surface area contributed by atoms with E-state index in [1.165, 1.54) is 0 Å². The lowest BCUT2D eigenvalue weighted by Gasteiger charge is -2.31. The molecule has 2 aromatic rings. The van der Waals surface area contributed by atoms with Crippen LogP contribution in [0.1, 0.15) is 48.8 Å². The zero-order valence-corrected chi connectivity index (χ0v) is 17.3. The molecular weight excluding hydrogens is 403 g/mol. The second-order valence-corrected chi connectivity index (χ2v) is 8.47. The van der Waals surface area contributed by atoms with E-state index in [0.717, 1.165) is 54.6 Å². The highest BCUT2D eigenvalue weighted by Crippen LogP contribution is 2.41. The smallest absolute Gasteiger partial charge is 0.392 e. The summed E-state index contributed by atoms with van der Waals surface area (Å²) in [5.74, 6) is 0.246. The van der Waals surface area contributed by atoms with Gasteiger partial charge in [-0.3, -0.25) is 0 Å². The van der Waals surface area contributed by atoms with Crippen molar-refractivity contribution in [3.8, 4) is 5.75 Å². The summed E-state index contributed by atoms with van der Waals surface area (Å²) in [6.07, 6.45) is -0.893. The predicted molar refractivity (Wildman–Crippen MR) is 115 cm³/mol. The molecule has 6 heteroatoms. The van der Waals surface area contributed by atoms with Gasteiger partial charge in [-0.05, 0) is 78.6 Å². The molecule has 4 rings (SSSR count). The lowest BCUT2D eigenvalue weighted by molar-refractivity contribution is -0.127. The first-order chi connectivity index (χ1) is 14.8. The van der Waals surface area contributed by atoms with Crippen molar-refractivity contribution in [2.45, 2.75) is 44.7 Å². The Morgan fingerprint density at radius 1 is 1.03 bits per heavy atom. The predicted octanol–water partition coefficient (Wildman–Crippen LogP) is 5.90. The molecule has 2 aromatic carbocycles. The van der Waals surface area contributed by atoms with Crippen LogP contribution in [-0.4, -0.2) is 30.7 Å². The summed E-state index contributed by atoms with van der Waals surface area (Å²) in [7, 11) is 0. The fourth-order valence-corrected chi connectivity index (χ4v) is 4.75. The zero-order valence-electron chi connectivity index (χ0n) is 17.3. The minimum absolute atomic E-state index is 0.115. The van der Waals surface area contributed by atoms with Gasteiger partial charge in [-0.25, -0.2) is 0 Å². The number of aryl methyl sites for hydroxylation is 1. The van der Waals surface area contributed by atoms with Crippen molar-refractivity contribution in [1.82, 2.24) is 0 Å². The standard InChI is InChI=1S/C25H26F3NO2/c26-25(27,28)15-20-3-1-2-19-14-22(31)8-9-23(19)24(20)18-4-6-21(7-5-18)29-12-10-17(16-30)11-13-29/h4-9,14,16-17,31H,1-3,10-13,15H2. The second kappa shape index (κ2) is 8.77. The van der Waals surface area contributed by atoms with Gasteiger partial charge in [0, 0.05) is 24.7 Å². The normalized spacial score (nSPS) is 18.0. The van der Waals surface area contributed by atoms with Gasteiger partial charge in [-0.2, -0.15) is 13.2 Å². The maximum Gasteiger partial charge on any atom is 0.392 e. The van der Waals surface area contributed by atoms with E-state index < -0.39 is 12.6 Å². The number of benzene rings is 2. The monoisotopic (exact) mass is 429 g/mol. The second-order valence-electron chi connectivity index (χ2n) is 8.47. The Kier molecular flexibility index (Phi) is 6.08. The summed E-state index contributed by atoms with van der Waals surface area (Å²) in [4.78, 5) is 13.2. The van der Waals surface area contributed by atoms with Gasteiger partial charge in [0.05, 0.1) is 6.42 Å². The minimum atomic E-state index is -4.27. The Labute approximate surface area is 180 Å². The number of allylic oxidation sites excluding steroid dienone is 1. The van der Waals surface area contributed by atoms with Crippen LogP contribution in [0.2, 0.25) is 0 Å². The molecule has 0 amide bonds. The average Bonchev–Trinajstić information content (AvgIpc) is 2.91. The largest absolute Gasteiger partial charge is 0.508 e. The van der Waals surface area contributed by atoms with Crippen molar-refractivity contribution in [3.05, 3.63) is 64.7 Å². The van der Waals surface area contributed by atoms with Crippen LogP contribution in [0.15, 0.2) is 48.0 Å². The molecule has 0 saturated carbocycles. The number of anilines is 1. The molecule has 0 spiro atoms. The van der Waals surface area contributed by atoms with Crippen molar-refractivity contribution in [3.63, 3.8) is 0 Å². The highest BCUT2D eigenvalue weighted by Gasteiger charge is 2.32. The molecular formula is C25H26F3NO2. The molecule has 0 radical (unpaired) electrons. The van der Waals surface area contributed by atoms with E-state index >= 15 is 0 Å². The number of alkyl halides is 3. The van der Waals surface area contributed by atoms with Crippen LogP contribution in [0, 0.1) is 5.92 Å². The van der Waals surface area contributed by atoms with Crippen molar-refractivity contribution < 1.29 is 23.1 Å². The molecule has 1 N–H and O–H groups in total. The highest BCUT2D eigenvalue weighted by atomic mass is 19.4. The molecule has 0 bridgehead atoms. The van der Waals surface area contributed by atoms with Gasteiger partial charge < -0.3 is 14.8 Å². The number of hydrogen-bond acceptors (Lipinski definition) is 3. The summed E-state index contributed by atoms with van der Waals surface area (Å²) in [6.45, 7) is 1.60. The third-order valence-corrected chi connectivity index (χ3v) is 6.30. The van der Waals surface area contributed by atoms with Crippen LogP contribution in [0.3, 0.4) is 0 Å². The SMILES string of the molecule is O=CC1CCN(c2ccc(C3=C(CC(F)(F)F)CCCc4cc(O)ccc43)cc2)CC1. The number of halogens is 3. The summed E-state index contributed by atoms with van der Waals surface area (Å²) in [5, 5.41) is 9.88. The number of piperidine rings is 1. The van der Waals surface area contributed by atoms with E-state index in [1.807, 2.05) is 24.3 Å². The maximum atomic E-state index is 13.4. The number of rotatable bonds is 4. The molecule has 0 atom stereocenters. The Morgan fingerprint density at radius 2 is 1.74 bits per heavy atom. The summed E-state index contributed by atoms with van der Waals surface area (Å²) < 4.78 is 40.1. The number of phenols is 1. The first-order valence-corrected chi connectivity index (χ1v) is 10.8. The molecule has 1 saturated heterocycles. The topological polar surface area (TPSA) is 40.5 Å². The van der Waals surface area contributed by atoms with E-state index in [0.29, 0.717) is 30.4 Å². The molecule has 31 heavy (non-hydrogen) atoms. The first-order valence-electron chi connectivity index (χ1n) is 10.8. The fourth-order valence-electron chi connectivity index (χ4n) is 4.75. The number of carbonyl (C=O) groups excluding carboxylic acids is 1. The number of carbonyl (C=O) groups is 1. The number of fused-ring (bicyclic) bond motifs is 1. The van der Waals surface area contributed by atoms with Crippen LogP contribution in [-0.2, 0) is 11.2 Å². The fraction of sp³-hybridized carbons (Fsp3) is 0.400. The zero-order chi connectivity index (χ0) is 22.0. The van der Waals surface area contributed by atoms with Crippen molar-refractivity contribution in [2.75, 3.05) is 18.0 Å². The summed E-state index contributed by atoms with van der Waals surface area (Å²) in [5.41, 5.74) is 4.47. The van der Waals surface area contributed by atoms with Gasteiger partial charge in [0.15, 0.2) is 0 Å². The molecule has 1 aliphatic heterocycles. The summed E-state index contributed by atoms with van der Waals surface area (Å²) >= 11 is 0. The molecule has 1 heterocycles. The number of phenolic OH excluding ortho intramolecular Hbond substituents is 1. The molecule has 3 nitrogen and oxygen atoms in total. The Balaban J connectivity index is 1.71. The molecule has 2 aliphatic rings. The Morgan fingerprint density at radius 3 is 2.39 bits per heavy atom. The van der Waals surface area contributed by atoms with Gasteiger partial charge in [0.2, 0.25) is 0 Å². The quantitative estimate of drug-likeness (QED) is 0.616. The van der Waals surface area contributed by atoms with E-state index in [1.54, 1.807) is 18.2 Å². The molecule has 164 valence electrons. The Hall–Kier alpha value is -2.76. The number of aromatic hydroxyl groups is 1. The Bertz CT molecular complexity index is 971. The highest BCUT2D eigenvalue weighted by molar-refractivity contribution is 5.85. The van der Waals surface area contributed by atoms with Crippen LogP contribution in [0.5, 0.6) is 5.75 Å². The lowest BCUT2D eigenvalue weighted by Crippen LogP contribution is -2.34. The molecule has 1 fully saturated rings. The molecule has 1 aliphatic carbocycles. The molecule has 0 aromatic heterocycles. The van der Waals surface area contributed by atoms with Crippen LogP contribution in [0.4, 0.5) is 18.9 Å². The van der Waals surface area contributed by atoms with Gasteiger partial charge in [-0.15, -0.1) is 0 Å².